The molecule has 0 aromatic heterocycles. The van der Waals surface area contributed by atoms with E-state index in [-0.39, 0.29) is 16.5 Å². The summed E-state index contributed by atoms with van der Waals surface area (Å²) in [6, 6.07) is 6.43. The first-order chi connectivity index (χ1) is 12.7. The highest BCUT2D eigenvalue weighted by Gasteiger charge is 2.21. The molecule has 0 atom stereocenters. The molecule has 0 fully saturated rings. The Morgan fingerprint density at radius 3 is 2.15 bits per heavy atom. The van der Waals surface area contributed by atoms with Crippen molar-refractivity contribution in [3.8, 4) is 17.2 Å². The lowest BCUT2D eigenvalue weighted by atomic mass is 10.2. The summed E-state index contributed by atoms with van der Waals surface area (Å²) in [6.07, 6.45) is 0. The fraction of sp³-hybridized carbons (Fsp3) is 0.250. The number of nitrogens with one attached hydrogen (secondary N) is 1. The lowest BCUT2D eigenvalue weighted by Crippen LogP contribution is -2.23. The number of hydrogen-bond donors (Lipinski definition) is 1. The van der Waals surface area contributed by atoms with Gasteiger partial charge in [-0.1, -0.05) is 11.6 Å². The molecule has 1 N–H and O–H groups in total. The van der Waals surface area contributed by atoms with E-state index in [2.05, 4.69) is 4.72 Å². The highest BCUT2D eigenvalue weighted by molar-refractivity contribution is 7.89. The van der Waals surface area contributed by atoms with E-state index in [9.17, 15) is 18.5 Å². The molecule has 0 heterocycles. The lowest BCUT2D eigenvalue weighted by Gasteiger charge is -2.14. The predicted molar refractivity (Wildman–Crippen MR) is 98.2 cm³/mol. The van der Waals surface area contributed by atoms with E-state index < -0.39 is 20.6 Å². The van der Waals surface area contributed by atoms with Crippen molar-refractivity contribution < 1.29 is 27.6 Å². The van der Waals surface area contributed by atoms with Crippen LogP contribution >= 0.6 is 11.6 Å². The van der Waals surface area contributed by atoms with Crippen molar-refractivity contribution >= 4 is 27.3 Å². The van der Waals surface area contributed by atoms with Gasteiger partial charge in [-0.15, -0.1) is 0 Å². The maximum atomic E-state index is 12.5. The van der Waals surface area contributed by atoms with E-state index in [1.807, 2.05) is 0 Å². The minimum absolute atomic E-state index is 0.102. The molecule has 0 aliphatic heterocycles. The first-order valence-corrected chi connectivity index (χ1v) is 9.32. The van der Waals surface area contributed by atoms with Gasteiger partial charge >= 0.3 is 0 Å². The number of nitro groups is 1. The van der Waals surface area contributed by atoms with Crippen LogP contribution < -0.4 is 18.9 Å². The second-order valence-electron chi connectivity index (χ2n) is 5.23. The third kappa shape index (κ3) is 4.59. The number of sulfonamides is 1. The van der Waals surface area contributed by atoms with Gasteiger partial charge in [0.25, 0.3) is 5.69 Å². The molecule has 2 aromatic carbocycles. The number of halogens is 1. The van der Waals surface area contributed by atoms with Crippen LogP contribution in [0.4, 0.5) is 5.69 Å². The second kappa shape index (κ2) is 8.42. The van der Waals surface area contributed by atoms with Crippen LogP contribution in [-0.2, 0) is 16.6 Å². The first kappa shape index (κ1) is 20.7. The smallest absolute Gasteiger partial charge is 0.289 e. The van der Waals surface area contributed by atoms with Crippen molar-refractivity contribution in [3.63, 3.8) is 0 Å². The molecule has 27 heavy (non-hydrogen) atoms. The molecule has 0 saturated heterocycles. The number of benzene rings is 2. The van der Waals surface area contributed by atoms with Gasteiger partial charge in [0.15, 0.2) is 11.5 Å². The summed E-state index contributed by atoms with van der Waals surface area (Å²) >= 11 is 5.71. The molecule has 0 aliphatic rings. The van der Waals surface area contributed by atoms with Crippen LogP contribution in [0.5, 0.6) is 17.2 Å². The molecule has 0 amide bonds. The van der Waals surface area contributed by atoms with Gasteiger partial charge in [0, 0.05) is 12.6 Å². The molecule has 0 unspecified atom stereocenters. The summed E-state index contributed by atoms with van der Waals surface area (Å²) in [6.45, 7) is -0.102. The molecule has 0 saturated carbocycles. The molecule has 0 aliphatic carbocycles. The van der Waals surface area contributed by atoms with Crippen molar-refractivity contribution in [1.82, 2.24) is 4.72 Å². The fourth-order valence-electron chi connectivity index (χ4n) is 2.30. The predicted octanol–water partition coefficient (Wildman–Crippen LogP) is 2.75. The zero-order valence-corrected chi connectivity index (χ0v) is 16.3. The minimum Gasteiger partial charge on any atom is -0.493 e. The SMILES string of the molecule is COc1cc(CNS(=O)(=O)c2ccc(Cl)c([N+](=O)[O-])c2)cc(OC)c1OC. The zero-order valence-electron chi connectivity index (χ0n) is 14.7. The van der Waals surface area contributed by atoms with E-state index >= 15 is 0 Å². The van der Waals surface area contributed by atoms with Crippen LogP contribution in [0.3, 0.4) is 0 Å². The number of nitrogens with zero attached hydrogens (tertiary/aromatic N) is 1. The van der Waals surface area contributed by atoms with Crippen LogP contribution in [0.1, 0.15) is 5.56 Å². The molecule has 2 aromatic rings. The largest absolute Gasteiger partial charge is 0.493 e. The Kier molecular flexibility index (Phi) is 6.47. The highest BCUT2D eigenvalue weighted by Crippen LogP contribution is 2.38. The van der Waals surface area contributed by atoms with Gasteiger partial charge in [-0.2, -0.15) is 0 Å². The maximum Gasteiger partial charge on any atom is 0.289 e. The van der Waals surface area contributed by atoms with Crippen molar-refractivity contribution in [2.24, 2.45) is 0 Å². The summed E-state index contributed by atoms with van der Waals surface area (Å²) < 4.78 is 42.9. The van der Waals surface area contributed by atoms with Crippen molar-refractivity contribution in [3.05, 3.63) is 51.0 Å². The topological polar surface area (TPSA) is 117 Å². The third-order valence-corrected chi connectivity index (χ3v) is 5.33. The Morgan fingerprint density at radius 2 is 1.67 bits per heavy atom. The molecule has 11 heteroatoms. The number of nitro benzene ring substituents is 1. The van der Waals surface area contributed by atoms with Gasteiger partial charge in [0.1, 0.15) is 5.02 Å². The Morgan fingerprint density at radius 1 is 1.07 bits per heavy atom. The van der Waals surface area contributed by atoms with E-state index in [1.54, 1.807) is 12.1 Å². The summed E-state index contributed by atoms with van der Waals surface area (Å²) in [5, 5.41) is 10.8. The number of ether oxygens (including phenoxy) is 3. The Balaban J connectivity index is 2.30. The normalized spacial score (nSPS) is 11.1. The average Bonchev–Trinajstić information content (AvgIpc) is 2.65. The van der Waals surface area contributed by atoms with Crippen LogP contribution in [0, 0.1) is 10.1 Å². The highest BCUT2D eigenvalue weighted by atomic mass is 35.5. The van der Waals surface area contributed by atoms with Gasteiger partial charge in [-0.25, -0.2) is 13.1 Å². The monoisotopic (exact) mass is 416 g/mol. The molecule has 146 valence electrons. The molecular formula is C16H17ClN2O7S. The van der Waals surface area contributed by atoms with E-state index in [1.165, 1.54) is 27.4 Å². The van der Waals surface area contributed by atoms with Gasteiger partial charge in [0.05, 0.1) is 31.1 Å². The minimum atomic E-state index is -4.01. The average molecular weight is 417 g/mol. The number of hydrogen-bond acceptors (Lipinski definition) is 7. The summed E-state index contributed by atoms with van der Waals surface area (Å²) in [4.78, 5) is 9.93. The van der Waals surface area contributed by atoms with Gasteiger partial charge in [0.2, 0.25) is 15.8 Å². The molecular weight excluding hydrogens is 400 g/mol. The first-order valence-electron chi connectivity index (χ1n) is 7.46. The quantitative estimate of drug-likeness (QED) is 0.519. The lowest BCUT2D eigenvalue weighted by molar-refractivity contribution is -0.384. The summed E-state index contributed by atoms with van der Waals surface area (Å²) in [7, 11) is 0.328. The van der Waals surface area contributed by atoms with E-state index in [4.69, 9.17) is 25.8 Å². The Bertz CT molecular complexity index is 938. The van der Waals surface area contributed by atoms with E-state index in [0.717, 1.165) is 12.1 Å². The van der Waals surface area contributed by atoms with Crippen LogP contribution in [-0.4, -0.2) is 34.7 Å². The van der Waals surface area contributed by atoms with Crippen molar-refractivity contribution in [1.29, 1.82) is 0 Å². The van der Waals surface area contributed by atoms with Crippen molar-refractivity contribution in [2.45, 2.75) is 11.4 Å². The number of methoxy groups -OCH3 is 3. The van der Waals surface area contributed by atoms with Crippen molar-refractivity contribution in [2.75, 3.05) is 21.3 Å². The summed E-state index contributed by atoms with van der Waals surface area (Å²) in [5.74, 6) is 1.11. The molecule has 0 radical (unpaired) electrons. The fourth-order valence-corrected chi connectivity index (χ4v) is 3.52. The zero-order chi connectivity index (χ0) is 20.2. The second-order valence-corrected chi connectivity index (χ2v) is 7.40. The number of rotatable bonds is 8. The molecule has 0 spiro atoms. The third-order valence-electron chi connectivity index (χ3n) is 3.62. The van der Waals surface area contributed by atoms with Crippen LogP contribution in [0.25, 0.3) is 0 Å². The standard InChI is InChI=1S/C16H17ClN2O7S/c1-24-14-6-10(7-15(25-2)16(14)26-3)9-18-27(22,23)11-4-5-12(17)13(8-11)19(20)21/h4-8,18H,9H2,1-3H3. The van der Waals surface area contributed by atoms with Gasteiger partial charge in [-0.05, 0) is 29.8 Å². The molecule has 9 nitrogen and oxygen atoms in total. The van der Waals surface area contributed by atoms with Gasteiger partial charge in [-0.3, -0.25) is 10.1 Å². The Hall–Kier alpha value is -2.56. The van der Waals surface area contributed by atoms with Crippen LogP contribution in [0.15, 0.2) is 35.2 Å². The molecule has 2 rings (SSSR count). The van der Waals surface area contributed by atoms with Crippen LogP contribution in [0.2, 0.25) is 5.02 Å². The Labute approximate surface area is 161 Å². The van der Waals surface area contributed by atoms with E-state index in [0.29, 0.717) is 22.8 Å². The summed E-state index contributed by atoms with van der Waals surface area (Å²) in [5.41, 5.74) is 0.0452. The molecule has 0 bridgehead atoms. The maximum absolute atomic E-state index is 12.5. The van der Waals surface area contributed by atoms with Gasteiger partial charge < -0.3 is 14.2 Å².